The Balaban J connectivity index is 0.923. The van der Waals surface area contributed by atoms with E-state index in [1.54, 1.807) is 6.92 Å². The Morgan fingerprint density at radius 2 is 1.26 bits per heavy atom. The van der Waals surface area contributed by atoms with Crippen molar-refractivity contribution in [2.45, 2.75) is 234 Å². The summed E-state index contributed by atoms with van der Waals surface area (Å²) < 4.78 is 53.8. The molecule has 8 rings (SSSR count). The molecule has 0 radical (unpaired) electrons. The molecule has 12 N–H and O–H groups in total. The van der Waals surface area contributed by atoms with E-state index >= 15 is 0 Å². The smallest absolute Gasteiger partial charge is 0.306 e. The molecular weight excluding hydrogens is 981 g/mol. The van der Waals surface area contributed by atoms with Crippen molar-refractivity contribution in [3.8, 4) is 0 Å². The van der Waals surface area contributed by atoms with E-state index in [9.17, 15) is 70.9 Å². The number of ether oxygens (including phenoxy) is 9. The number of carbonyl (C=O) groups excluding carboxylic acids is 2. The second kappa shape index (κ2) is 23.4. The van der Waals surface area contributed by atoms with Crippen LogP contribution < -0.4 is 0 Å². The summed E-state index contributed by atoms with van der Waals surface area (Å²) in [6.45, 7) is 9.50. The van der Waals surface area contributed by atoms with Crippen LogP contribution in [-0.2, 0) is 52.2 Å². The summed E-state index contributed by atoms with van der Waals surface area (Å²) in [5.41, 5.74) is 0.515. The summed E-state index contributed by atoms with van der Waals surface area (Å²) >= 11 is 0. The maximum Gasteiger partial charge on any atom is 0.306 e. The Bertz CT molecular complexity index is 1940. The third kappa shape index (κ3) is 11.2. The number of hydrogen-bond acceptors (Lipinski definition) is 23. The summed E-state index contributed by atoms with van der Waals surface area (Å²) in [5.74, 6) is -0.639. The van der Waals surface area contributed by atoms with Crippen molar-refractivity contribution >= 4 is 11.8 Å². The van der Waals surface area contributed by atoms with Gasteiger partial charge in [-0.3, -0.25) is 9.59 Å². The minimum absolute atomic E-state index is 0.0249. The van der Waals surface area contributed by atoms with Crippen LogP contribution in [0.1, 0.15) is 99.3 Å². The van der Waals surface area contributed by atoms with Gasteiger partial charge in [-0.2, -0.15) is 0 Å². The predicted octanol–water partition coefficient (Wildman–Crippen LogP) is -2.20. The molecule has 4 heterocycles. The SMILES string of the molecule is CC(=O)[C@H]1[C@@H](OC(=O)CC[C@@H](C)CO[C@@H]2O[C@H](CO)[C@@H](O)[C@H](O)[C@H]2O)C[C@H]2[C@@H]3CC=C4C[C@@H](O[C@@H]5O[C@H](CO)[C@@H](O[C@@H]6O[C@@H](C)[C@H](O)[C@@H](O)[C@H]6O)[C@H](O)[C@H]5O[C@@H]5O[C@@H](C)[C@H](O)[C@@H](O)[C@H]5O)CC[C@]4(C)[C@H]3CC[C@]21C. The van der Waals surface area contributed by atoms with Crippen molar-refractivity contribution in [2.24, 2.45) is 40.4 Å². The maximum absolute atomic E-state index is 13.5. The van der Waals surface area contributed by atoms with Crippen LogP contribution in [0.3, 0.4) is 0 Å². The zero-order chi connectivity index (χ0) is 53.9. The Morgan fingerprint density at radius 3 is 1.86 bits per heavy atom. The molecule has 4 saturated heterocycles. The van der Waals surface area contributed by atoms with Crippen LogP contribution in [-0.4, -0.2) is 228 Å². The van der Waals surface area contributed by atoms with Gasteiger partial charge in [-0.25, -0.2) is 0 Å². The number of carbonyl (C=O) groups is 2. The van der Waals surface area contributed by atoms with Gasteiger partial charge in [-0.1, -0.05) is 32.4 Å². The molecule has 8 aliphatic rings. The number of rotatable bonds is 16. The molecule has 424 valence electrons. The lowest BCUT2D eigenvalue weighted by atomic mass is 9.47. The number of hydrogen-bond donors (Lipinski definition) is 12. The van der Waals surface area contributed by atoms with Gasteiger partial charge in [-0.05, 0) is 107 Å². The molecular formula is C51H82O23. The van der Waals surface area contributed by atoms with Crippen LogP contribution >= 0.6 is 0 Å². The van der Waals surface area contributed by atoms with Crippen LogP contribution in [0, 0.1) is 40.4 Å². The molecule has 0 amide bonds. The molecule has 29 atom stereocenters. The predicted molar refractivity (Wildman–Crippen MR) is 250 cm³/mol. The third-order valence-electron chi connectivity index (χ3n) is 18.3. The van der Waals surface area contributed by atoms with Gasteiger partial charge in [0.2, 0.25) is 0 Å². The summed E-state index contributed by atoms with van der Waals surface area (Å²) in [5, 5.41) is 126. The van der Waals surface area contributed by atoms with Gasteiger partial charge in [0, 0.05) is 6.42 Å². The van der Waals surface area contributed by atoms with E-state index in [0.717, 1.165) is 19.3 Å². The highest BCUT2D eigenvalue weighted by Crippen LogP contribution is 2.67. The van der Waals surface area contributed by atoms with E-state index in [1.165, 1.54) is 19.4 Å². The number of fused-ring (bicyclic) bond motifs is 5. The van der Waals surface area contributed by atoms with E-state index in [4.69, 9.17) is 42.6 Å². The number of aliphatic hydroxyl groups is 12. The zero-order valence-electron chi connectivity index (χ0n) is 43.0. The Labute approximate surface area is 430 Å². The quantitative estimate of drug-likeness (QED) is 0.0576. The Kier molecular flexibility index (Phi) is 18.4. The first-order chi connectivity index (χ1) is 34.9. The van der Waals surface area contributed by atoms with E-state index in [2.05, 4.69) is 19.9 Å². The first kappa shape index (κ1) is 58.2. The molecule has 4 aliphatic heterocycles. The molecule has 0 bridgehead atoms. The van der Waals surface area contributed by atoms with Crippen LogP contribution in [0.25, 0.3) is 0 Å². The normalized spacial score (nSPS) is 51.0. The topological polar surface area (TPSA) is 360 Å². The van der Waals surface area contributed by atoms with Gasteiger partial charge in [0.1, 0.15) is 97.3 Å². The molecule has 0 unspecified atom stereocenters. The summed E-state index contributed by atoms with van der Waals surface area (Å²) in [6.07, 6.45) is -23.3. The van der Waals surface area contributed by atoms with Crippen LogP contribution in [0.5, 0.6) is 0 Å². The number of ketones is 1. The average Bonchev–Trinajstić information content (AvgIpc) is 3.67. The van der Waals surface area contributed by atoms with Crippen molar-refractivity contribution < 1.29 is 113 Å². The van der Waals surface area contributed by atoms with Gasteiger partial charge < -0.3 is 104 Å². The van der Waals surface area contributed by atoms with Crippen molar-refractivity contribution in [3.63, 3.8) is 0 Å². The first-order valence-corrected chi connectivity index (χ1v) is 26.6. The minimum Gasteiger partial charge on any atom is -0.462 e. The van der Waals surface area contributed by atoms with Crippen molar-refractivity contribution in [1.82, 2.24) is 0 Å². The molecule has 23 heteroatoms. The summed E-state index contributed by atoms with van der Waals surface area (Å²) in [4.78, 5) is 27.0. The Morgan fingerprint density at radius 1 is 0.676 bits per heavy atom. The largest absolute Gasteiger partial charge is 0.462 e. The fourth-order valence-electron chi connectivity index (χ4n) is 13.9. The fourth-order valence-corrected chi connectivity index (χ4v) is 13.9. The second-order valence-electron chi connectivity index (χ2n) is 23.1. The minimum atomic E-state index is -1.77. The number of allylic oxidation sites excluding steroid dienone is 1. The lowest BCUT2D eigenvalue weighted by Gasteiger charge is -2.58. The van der Waals surface area contributed by atoms with Gasteiger partial charge in [-0.15, -0.1) is 0 Å². The number of aliphatic hydroxyl groups excluding tert-OH is 12. The number of Topliss-reactive ketones (excluding diaryl/α,β-unsaturated/α-hetero) is 1. The maximum atomic E-state index is 13.5. The highest BCUT2D eigenvalue weighted by Gasteiger charge is 2.64. The average molecular weight is 1060 g/mol. The van der Waals surface area contributed by atoms with Crippen LogP contribution in [0.4, 0.5) is 0 Å². The molecule has 0 aromatic rings. The monoisotopic (exact) mass is 1060 g/mol. The standard InChI is InChI=1S/C51H82O23/c1-20(19-66-46-40(62)39(61)36(58)30(17-52)71-46)7-10-32(55)70-29-16-28-26-9-8-24-15-25(11-13-50(24,5)27(26)12-14-51(28,6)33(29)21(2)54)69-49-45(74-48-42(64)38(60)35(57)23(4)68-48)43(65)44(31(18-53)72-49)73-47-41(63)37(59)34(56)22(3)67-47/h8,20,22-23,25-31,33-49,52-53,56-65H,7,9-19H2,1-6H3/t20-,22+,23+,25+,26-,27+,28+,29+,30-,31-,33+,34+,35+,36-,37-,38-,39+,40-,41-,42-,43+,44-,45-,46-,47+,48+,49-,50+,51-/m1/s1. The molecule has 4 aliphatic carbocycles. The fraction of sp³-hybridized carbons (Fsp3) is 0.922. The molecule has 74 heavy (non-hydrogen) atoms. The van der Waals surface area contributed by atoms with E-state index in [-0.39, 0.29) is 47.9 Å². The van der Waals surface area contributed by atoms with Crippen LogP contribution in [0.15, 0.2) is 11.6 Å². The Hall–Kier alpha value is -1.92. The van der Waals surface area contributed by atoms with Crippen molar-refractivity contribution in [3.05, 3.63) is 11.6 Å². The lowest BCUT2D eigenvalue weighted by molar-refractivity contribution is -0.388. The highest BCUT2D eigenvalue weighted by atomic mass is 16.8. The van der Waals surface area contributed by atoms with Crippen molar-refractivity contribution in [2.75, 3.05) is 19.8 Å². The molecule has 23 nitrogen and oxygen atoms in total. The molecule has 0 spiro atoms. The van der Waals surface area contributed by atoms with Gasteiger partial charge >= 0.3 is 5.97 Å². The highest BCUT2D eigenvalue weighted by molar-refractivity contribution is 5.81. The zero-order valence-corrected chi connectivity index (χ0v) is 43.0. The second-order valence-corrected chi connectivity index (χ2v) is 23.1. The first-order valence-electron chi connectivity index (χ1n) is 26.6. The molecule has 0 aromatic carbocycles. The lowest BCUT2D eigenvalue weighted by Crippen LogP contribution is -2.66. The molecule has 0 aromatic heterocycles. The van der Waals surface area contributed by atoms with Gasteiger partial charge in [0.25, 0.3) is 0 Å². The summed E-state index contributed by atoms with van der Waals surface area (Å²) in [7, 11) is 0. The van der Waals surface area contributed by atoms with Crippen molar-refractivity contribution in [1.29, 1.82) is 0 Å². The van der Waals surface area contributed by atoms with Gasteiger partial charge in [0.15, 0.2) is 25.2 Å². The van der Waals surface area contributed by atoms with E-state index < -0.39 is 166 Å². The van der Waals surface area contributed by atoms with E-state index in [0.29, 0.717) is 32.1 Å². The summed E-state index contributed by atoms with van der Waals surface area (Å²) in [6, 6.07) is 0. The van der Waals surface area contributed by atoms with Crippen LogP contribution in [0.2, 0.25) is 0 Å². The van der Waals surface area contributed by atoms with E-state index in [1.807, 2.05) is 6.92 Å². The third-order valence-corrected chi connectivity index (χ3v) is 18.3. The van der Waals surface area contributed by atoms with Gasteiger partial charge in [0.05, 0.1) is 44.1 Å². The molecule has 7 fully saturated rings. The molecule has 3 saturated carbocycles. The number of esters is 1.